The molecule has 2 aliphatic rings. The molecule has 1 unspecified atom stereocenters. The van der Waals surface area contributed by atoms with Crippen molar-refractivity contribution in [2.75, 3.05) is 5.32 Å². The van der Waals surface area contributed by atoms with Crippen LogP contribution in [0.2, 0.25) is 0 Å². The van der Waals surface area contributed by atoms with Gasteiger partial charge in [0.1, 0.15) is 5.84 Å². The molecule has 1 aromatic heterocycles. The van der Waals surface area contributed by atoms with E-state index in [1.165, 1.54) is 37.7 Å². The van der Waals surface area contributed by atoms with Gasteiger partial charge < -0.3 is 5.32 Å². The van der Waals surface area contributed by atoms with Gasteiger partial charge in [-0.2, -0.15) is 0 Å². The van der Waals surface area contributed by atoms with E-state index >= 15 is 0 Å². The van der Waals surface area contributed by atoms with Gasteiger partial charge in [0, 0.05) is 24.6 Å². The zero-order valence-corrected chi connectivity index (χ0v) is 15.1. The van der Waals surface area contributed by atoms with Gasteiger partial charge in [-0.05, 0) is 36.1 Å². The average molecular weight is 357 g/mol. The van der Waals surface area contributed by atoms with Crippen molar-refractivity contribution in [2.24, 2.45) is 4.99 Å². The van der Waals surface area contributed by atoms with Gasteiger partial charge in [-0.25, -0.2) is 0 Å². The third-order valence-corrected chi connectivity index (χ3v) is 4.96. The molecule has 0 spiro atoms. The number of anilines is 1. The Bertz CT molecular complexity index is 711. The Morgan fingerprint density at radius 1 is 1.00 bits per heavy atom. The van der Waals surface area contributed by atoms with E-state index in [9.17, 15) is 0 Å². The van der Waals surface area contributed by atoms with Crippen LogP contribution in [0.4, 0.5) is 5.69 Å². The number of para-hydroxylation sites is 1. The second-order valence-corrected chi connectivity index (χ2v) is 6.69. The fraction of sp³-hybridized carbons (Fsp3) is 0.400. The standard InChI is InChI=1S/C20H24N4.ClH/c1-2-9-17(10-3-1)23-20-19(16-8-6-12-21-13-16)22-14-15-7-4-5-11-18(15)24-20;/h4-8,11-13,17,19,22H,1-3,9-10,14H2,(H,23,24);1H. The molecule has 0 bridgehead atoms. The number of nitrogens with one attached hydrogen (secondary N) is 2. The zero-order chi connectivity index (χ0) is 16.2. The van der Waals surface area contributed by atoms with Gasteiger partial charge in [0.25, 0.3) is 0 Å². The second kappa shape index (κ2) is 8.45. The molecule has 2 aromatic rings. The first kappa shape index (κ1) is 17.9. The molecular weight excluding hydrogens is 332 g/mol. The molecule has 1 aliphatic carbocycles. The van der Waals surface area contributed by atoms with E-state index in [1.807, 2.05) is 18.5 Å². The first-order chi connectivity index (χ1) is 11.9. The minimum atomic E-state index is 0. The Balaban J connectivity index is 0.00000182. The number of nitrogens with zero attached hydrogens (tertiary/aromatic N) is 2. The van der Waals surface area contributed by atoms with Crippen LogP contribution in [0.5, 0.6) is 0 Å². The van der Waals surface area contributed by atoms with E-state index in [4.69, 9.17) is 4.99 Å². The summed E-state index contributed by atoms with van der Waals surface area (Å²) >= 11 is 0. The predicted octanol–water partition coefficient (Wildman–Crippen LogP) is 4.49. The van der Waals surface area contributed by atoms with Crippen molar-refractivity contribution in [2.45, 2.75) is 50.7 Å². The van der Waals surface area contributed by atoms with Crippen LogP contribution < -0.4 is 10.6 Å². The summed E-state index contributed by atoms with van der Waals surface area (Å²) < 4.78 is 0. The number of benzene rings is 1. The van der Waals surface area contributed by atoms with Crippen molar-refractivity contribution in [3.05, 3.63) is 59.9 Å². The maximum absolute atomic E-state index is 5.13. The molecule has 25 heavy (non-hydrogen) atoms. The van der Waals surface area contributed by atoms with E-state index < -0.39 is 0 Å². The molecule has 4 rings (SSSR count). The van der Waals surface area contributed by atoms with Crippen LogP contribution in [0.25, 0.3) is 0 Å². The number of rotatable bonds is 2. The summed E-state index contributed by atoms with van der Waals surface area (Å²) in [4.78, 5) is 9.43. The number of amidine groups is 1. The van der Waals surface area contributed by atoms with Gasteiger partial charge in [0.15, 0.2) is 0 Å². The molecule has 0 saturated heterocycles. The molecule has 132 valence electrons. The van der Waals surface area contributed by atoms with Crippen molar-refractivity contribution in [1.82, 2.24) is 10.3 Å². The van der Waals surface area contributed by atoms with Crippen molar-refractivity contribution in [3.63, 3.8) is 0 Å². The normalized spacial score (nSPS) is 22.4. The van der Waals surface area contributed by atoms with Gasteiger partial charge >= 0.3 is 0 Å². The van der Waals surface area contributed by atoms with Crippen LogP contribution in [-0.2, 0) is 6.54 Å². The highest BCUT2D eigenvalue weighted by Gasteiger charge is 2.24. The van der Waals surface area contributed by atoms with Crippen LogP contribution in [-0.4, -0.2) is 16.9 Å². The molecule has 4 nitrogen and oxygen atoms in total. The molecule has 5 heteroatoms. The Morgan fingerprint density at radius 2 is 1.84 bits per heavy atom. The van der Waals surface area contributed by atoms with Crippen molar-refractivity contribution in [1.29, 1.82) is 0 Å². The first-order valence-corrected chi connectivity index (χ1v) is 8.96. The molecule has 0 amide bonds. The molecule has 1 fully saturated rings. The van der Waals surface area contributed by atoms with Gasteiger partial charge in [-0.1, -0.05) is 43.5 Å². The van der Waals surface area contributed by atoms with E-state index in [2.05, 4.69) is 45.9 Å². The van der Waals surface area contributed by atoms with E-state index in [1.54, 1.807) is 0 Å². The first-order valence-electron chi connectivity index (χ1n) is 8.96. The summed E-state index contributed by atoms with van der Waals surface area (Å²) in [6.45, 7) is 0.826. The number of aromatic nitrogens is 1. The Morgan fingerprint density at radius 3 is 2.64 bits per heavy atom. The average Bonchev–Trinajstić information content (AvgIpc) is 2.82. The summed E-state index contributed by atoms with van der Waals surface area (Å²) in [6, 6.07) is 13.1. The van der Waals surface area contributed by atoms with Crippen molar-refractivity contribution < 1.29 is 0 Å². The molecule has 0 radical (unpaired) electrons. The smallest absolute Gasteiger partial charge is 0.123 e. The zero-order valence-electron chi connectivity index (χ0n) is 14.3. The molecule has 1 aliphatic heterocycles. The molecular formula is C20H25ClN4. The summed E-state index contributed by atoms with van der Waals surface area (Å²) in [5.41, 5.74) is 3.60. The van der Waals surface area contributed by atoms with Gasteiger partial charge in [0.2, 0.25) is 0 Å². The van der Waals surface area contributed by atoms with Crippen molar-refractivity contribution >= 4 is 23.9 Å². The van der Waals surface area contributed by atoms with Crippen LogP contribution in [0.15, 0.2) is 53.8 Å². The van der Waals surface area contributed by atoms with Crippen LogP contribution >= 0.6 is 12.4 Å². The quantitative estimate of drug-likeness (QED) is 0.833. The summed E-state index contributed by atoms with van der Waals surface area (Å²) in [7, 11) is 0. The largest absolute Gasteiger partial charge is 0.342 e. The Hall–Kier alpha value is -1.91. The number of aliphatic imine (C=N–C) groups is 1. The molecule has 2 N–H and O–H groups in total. The molecule has 1 atom stereocenters. The highest BCUT2D eigenvalue weighted by atomic mass is 35.5. The third kappa shape index (κ3) is 4.20. The summed E-state index contributed by atoms with van der Waals surface area (Å²) in [6.07, 6.45) is 10.1. The molecule has 2 heterocycles. The van der Waals surface area contributed by atoms with E-state index in [0.29, 0.717) is 6.04 Å². The number of pyridine rings is 1. The Kier molecular flexibility index (Phi) is 6.05. The monoisotopic (exact) mass is 356 g/mol. The van der Waals surface area contributed by atoms with E-state index in [0.717, 1.165) is 23.6 Å². The number of hydrogen-bond donors (Lipinski definition) is 2. The SMILES string of the molecule is Cl.c1cncc(C2NCc3ccccc3NC2=NC2CCCCC2)c1. The fourth-order valence-electron chi connectivity index (χ4n) is 3.65. The van der Waals surface area contributed by atoms with Crippen LogP contribution in [0.1, 0.15) is 49.3 Å². The second-order valence-electron chi connectivity index (χ2n) is 6.69. The van der Waals surface area contributed by atoms with Crippen LogP contribution in [0.3, 0.4) is 0 Å². The summed E-state index contributed by atoms with van der Waals surface area (Å²) in [5, 5.41) is 7.28. The fourth-order valence-corrected chi connectivity index (χ4v) is 3.65. The highest BCUT2D eigenvalue weighted by molar-refractivity contribution is 6.01. The van der Waals surface area contributed by atoms with E-state index in [-0.39, 0.29) is 18.4 Å². The maximum Gasteiger partial charge on any atom is 0.123 e. The van der Waals surface area contributed by atoms with Crippen LogP contribution in [0, 0.1) is 0 Å². The molecule has 1 saturated carbocycles. The van der Waals surface area contributed by atoms with Gasteiger partial charge in [0.05, 0.1) is 12.1 Å². The molecule has 1 aromatic carbocycles. The topological polar surface area (TPSA) is 49.3 Å². The Labute approximate surface area is 155 Å². The van der Waals surface area contributed by atoms with Gasteiger partial charge in [-0.3, -0.25) is 15.3 Å². The number of halogens is 1. The lowest BCUT2D eigenvalue weighted by atomic mass is 9.96. The number of hydrogen-bond acceptors (Lipinski definition) is 3. The number of fused-ring (bicyclic) bond motifs is 1. The van der Waals surface area contributed by atoms with Crippen molar-refractivity contribution in [3.8, 4) is 0 Å². The minimum Gasteiger partial charge on any atom is -0.342 e. The third-order valence-electron chi connectivity index (χ3n) is 4.96. The highest BCUT2D eigenvalue weighted by Crippen LogP contribution is 2.27. The lowest BCUT2D eigenvalue weighted by molar-refractivity contribution is 0.441. The van der Waals surface area contributed by atoms with Gasteiger partial charge in [-0.15, -0.1) is 12.4 Å². The minimum absolute atomic E-state index is 0. The maximum atomic E-state index is 5.13. The lowest BCUT2D eigenvalue weighted by Gasteiger charge is -2.23. The predicted molar refractivity (Wildman–Crippen MR) is 105 cm³/mol. The summed E-state index contributed by atoms with van der Waals surface area (Å²) in [5.74, 6) is 1.03. The lowest BCUT2D eigenvalue weighted by Crippen LogP contribution is -2.31.